The van der Waals surface area contributed by atoms with E-state index in [1.807, 2.05) is 0 Å². The van der Waals surface area contributed by atoms with Crippen LogP contribution in [-0.2, 0) is 41.7 Å². The Morgan fingerprint density at radius 2 is 1.55 bits per heavy atom. The van der Waals surface area contributed by atoms with Crippen LogP contribution in [0.25, 0.3) is 11.3 Å². The lowest BCUT2D eigenvalue weighted by molar-refractivity contribution is -0.137. The second kappa shape index (κ2) is 24.2. The number of carbonyl (C=O) groups is 5. The van der Waals surface area contributed by atoms with Gasteiger partial charge < -0.3 is 40.4 Å². The lowest BCUT2D eigenvalue weighted by atomic mass is 9.95. The number of unbranched alkanes of at least 4 members (excludes halogenated alkanes) is 1. The van der Waals surface area contributed by atoms with Crippen LogP contribution in [0, 0.1) is 11.6 Å². The molecule has 0 saturated carbocycles. The lowest BCUT2D eigenvalue weighted by Crippen LogP contribution is -2.52. The highest BCUT2D eigenvalue weighted by molar-refractivity contribution is 6.31. The van der Waals surface area contributed by atoms with Gasteiger partial charge in [0, 0.05) is 88.5 Å². The van der Waals surface area contributed by atoms with Crippen molar-refractivity contribution in [2.24, 2.45) is 4.99 Å². The molecule has 5 amide bonds. The smallest absolute Gasteiger partial charge is 0.255 e. The summed E-state index contributed by atoms with van der Waals surface area (Å²) in [7, 11) is 0. The van der Waals surface area contributed by atoms with Crippen molar-refractivity contribution in [3.8, 4) is 11.3 Å². The van der Waals surface area contributed by atoms with Crippen LogP contribution in [0.1, 0.15) is 75.1 Å². The number of benzene rings is 4. The van der Waals surface area contributed by atoms with Gasteiger partial charge in [-0.25, -0.2) is 18.7 Å². The van der Waals surface area contributed by atoms with Gasteiger partial charge in [0.05, 0.1) is 63.2 Å². The van der Waals surface area contributed by atoms with Gasteiger partial charge in [0.15, 0.2) is 0 Å². The Labute approximate surface area is 413 Å². The third kappa shape index (κ3) is 12.8. The summed E-state index contributed by atoms with van der Waals surface area (Å²) < 4.78 is 46.6. The number of imide groups is 1. The van der Waals surface area contributed by atoms with Crippen LogP contribution >= 0.6 is 11.6 Å². The molecule has 3 aliphatic heterocycles. The molecule has 5 aromatic rings. The summed E-state index contributed by atoms with van der Waals surface area (Å²) in [4.78, 5) is 77.7. The Bertz CT molecular complexity index is 2800. The largest absolute Gasteiger partial charge is 0.378 e. The van der Waals surface area contributed by atoms with Gasteiger partial charge in [-0.1, -0.05) is 29.8 Å². The zero-order valence-electron chi connectivity index (χ0n) is 38.7. The minimum absolute atomic E-state index is 0.0896. The minimum atomic E-state index is -0.739. The highest BCUT2D eigenvalue weighted by Gasteiger charge is 2.40. The van der Waals surface area contributed by atoms with E-state index in [2.05, 4.69) is 36.6 Å². The van der Waals surface area contributed by atoms with Gasteiger partial charge in [-0.2, -0.15) is 0 Å². The highest BCUT2D eigenvalue weighted by atomic mass is 35.5. The molecule has 3 aliphatic rings. The van der Waals surface area contributed by atoms with Crippen molar-refractivity contribution in [1.29, 1.82) is 0 Å². The maximum atomic E-state index is 14.9. The van der Waals surface area contributed by atoms with Gasteiger partial charge in [-0.05, 0) is 86.5 Å². The quantitative estimate of drug-likeness (QED) is 0.0371. The number of ether oxygens (including phenoxy) is 3. The van der Waals surface area contributed by atoms with Crippen molar-refractivity contribution >= 4 is 64.2 Å². The van der Waals surface area contributed by atoms with Crippen LogP contribution in [0.4, 0.5) is 26.1 Å². The Morgan fingerprint density at radius 1 is 0.817 bits per heavy atom. The lowest BCUT2D eigenvalue weighted by Gasteiger charge is -2.29. The number of nitrogens with one attached hydrogen (secondary N) is 5. The Kier molecular flexibility index (Phi) is 17.2. The number of piperidine rings is 1. The number of hydrogen-bond acceptors (Lipinski definition) is 13. The molecule has 5 N–H and O–H groups in total. The molecule has 8 rings (SSSR count). The van der Waals surface area contributed by atoms with Crippen molar-refractivity contribution in [3.63, 3.8) is 0 Å². The van der Waals surface area contributed by atoms with E-state index in [1.54, 1.807) is 66.9 Å². The second-order valence-electron chi connectivity index (χ2n) is 16.8. The number of amides is 5. The third-order valence-electron chi connectivity index (χ3n) is 11.9. The molecule has 1 saturated heterocycles. The number of rotatable bonds is 23. The molecule has 0 aliphatic carbocycles. The molecule has 4 heterocycles. The van der Waals surface area contributed by atoms with E-state index in [9.17, 15) is 32.8 Å². The fourth-order valence-corrected chi connectivity index (χ4v) is 8.53. The zero-order valence-corrected chi connectivity index (χ0v) is 39.4. The van der Waals surface area contributed by atoms with Crippen LogP contribution in [0.5, 0.6) is 0 Å². The summed E-state index contributed by atoms with van der Waals surface area (Å²) in [5, 5.41) is 14.9. The summed E-state index contributed by atoms with van der Waals surface area (Å²) in [6.07, 6.45) is 3.83. The molecule has 1 aromatic heterocycles. The summed E-state index contributed by atoms with van der Waals surface area (Å²) in [5.74, 6) is -2.74. The van der Waals surface area contributed by atoms with Crippen molar-refractivity contribution in [1.82, 2.24) is 30.8 Å². The molecule has 71 heavy (non-hydrogen) atoms. The maximum Gasteiger partial charge on any atom is 0.255 e. The minimum Gasteiger partial charge on any atom is -0.378 e. The SMILES string of the molecule is O=C1CCC(N2Cc3c(NC(=O)CCCCNCCOCCOCCOCCNC(=O)c4ccc(Nc5ncc6c(n5)-c5ccc(Cl)cc5C(c5c(F)cccc5F)=NC6)cc4)cccc3C2=O)C(=O)N1. The molecule has 17 nitrogen and oxygen atoms in total. The van der Waals surface area contributed by atoms with Gasteiger partial charge in [0.1, 0.15) is 17.7 Å². The van der Waals surface area contributed by atoms with E-state index >= 15 is 0 Å². The Morgan fingerprint density at radius 3 is 2.31 bits per heavy atom. The van der Waals surface area contributed by atoms with Crippen molar-refractivity contribution in [2.45, 2.75) is 51.2 Å². The first-order valence-electron chi connectivity index (χ1n) is 23.3. The van der Waals surface area contributed by atoms with E-state index in [-0.39, 0.29) is 66.8 Å². The Balaban J connectivity index is 0.644. The fourth-order valence-electron chi connectivity index (χ4n) is 8.36. The number of aromatic nitrogens is 2. The van der Waals surface area contributed by atoms with Crippen LogP contribution < -0.4 is 26.6 Å². The molecule has 20 heteroatoms. The van der Waals surface area contributed by atoms with Crippen LogP contribution in [0.2, 0.25) is 5.02 Å². The fraction of sp³-hybridized carbons (Fsp3) is 0.333. The van der Waals surface area contributed by atoms with E-state index in [1.165, 1.54) is 23.1 Å². The summed E-state index contributed by atoms with van der Waals surface area (Å²) in [6, 6.07) is 19.9. The number of halogens is 3. The summed E-state index contributed by atoms with van der Waals surface area (Å²) in [5.41, 5.74) is 4.87. The van der Waals surface area contributed by atoms with E-state index < -0.39 is 23.6 Å². The molecule has 0 radical (unpaired) electrons. The van der Waals surface area contributed by atoms with Gasteiger partial charge in [-0.3, -0.25) is 34.3 Å². The highest BCUT2D eigenvalue weighted by Crippen LogP contribution is 2.36. The Hall–Kier alpha value is -7.03. The van der Waals surface area contributed by atoms with Crippen LogP contribution in [-0.4, -0.2) is 115 Å². The first kappa shape index (κ1) is 50.4. The monoisotopic (exact) mass is 991 g/mol. The molecule has 4 aromatic carbocycles. The molecule has 0 bridgehead atoms. The maximum absolute atomic E-state index is 14.9. The molecule has 1 fully saturated rings. The number of carbonyl (C=O) groups excluding carboxylic acids is 5. The predicted octanol–water partition coefficient (Wildman–Crippen LogP) is 6.11. The van der Waals surface area contributed by atoms with Gasteiger partial charge >= 0.3 is 0 Å². The standard InChI is InChI=1S/C51H52ClF2N9O8/c52-33-12-15-35-37(27-33)47(45-39(53)6-4-7-40(45)54)57-28-32-29-58-51(62-46(32)35)59-34-13-10-31(11-14-34)48(66)56-20-22-70-24-26-71-25-23-69-21-19-55-18-2-1-9-43(64)60-41-8-3-5-36-38(41)30-63(50(36)68)42-16-17-44(65)61-49(42)67/h3-8,10-15,27,29,42,55H,1-2,9,16-26,28,30H2,(H,56,66)(H,60,64)(H,58,59,62)(H,61,65,67). The van der Waals surface area contributed by atoms with E-state index in [4.69, 9.17) is 30.8 Å². The number of aliphatic imine (C=N–C) groups is 1. The van der Waals surface area contributed by atoms with E-state index in [0.29, 0.717) is 121 Å². The summed E-state index contributed by atoms with van der Waals surface area (Å²) >= 11 is 6.34. The number of nitrogens with zero attached hydrogens (tertiary/aromatic N) is 4. The van der Waals surface area contributed by atoms with Crippen molar-refractivity contribution < 1.29 is 47.0 Å². The molecule has 0 spiro atoms. The van der Waals surface area contributed by atoms with Gasteiger partial charge in [-0.15, -0.1) is 0 Å². The first-order valence-corrected chi connectivity index (χ1v) is 23.7. The van der Waals surface area contributed by atoms with Crippen molar-refractivity contribution in [3.05, 3.63) is 135 Å². The molecule has 1 unspecified atom stereocenters. The predicted molar refractivity (Wildman–Crippen MR) is 261 cm³/mol. The normalized spacial score (nSPS) is 15.0. The molecule has 370 valence electrons. The summed E-state index contributed by atoms with van der Waals surface area (Å²) in [6.45, 7) is 4.33. The van der Waals surface area contributed by atoms with Gasteiger partial charge in [0.25, 0.3) is 11.8 Å². The number of anilines is 3. The molecular weight excluding hydrogens is 940 g/mol. The third-order valence-corrected chi connectivity index (χ3v) is 12.2. The van der Waals surface area contributed by atoms with E-state index in [0.717, 1.165) is 13.0 Å². The zero-order chi connectivity index (χ0) is 49.7. The van der Waals surface area contributed by atoms with Crippen LogP contribution in [0.3, 0.4) is 0 Å². The number of fused-ring (bicyclic) bond motifs is 4. The van der Waals surface area contributed by atoms with Crippen molar-refractivity contribution in [2.75, 3.05) is 69.9 Å². The first-order chi connectivity index (χ1) is 34.5. The second-order valence-corrected chi connectivity index (χ2v) is 17.2. The molecule has 1 atom stereocenters. The van der Waals surface area contributed by atoms with Crippen LogP contribution in [0.15, 0.2) is 90.1 Å². The topological polar surface area (TPSA) is 215 Å². The molecular formula is C51H52ClF2N9O8. The average molecular weight is 992 g/mol. The number of hydrogen-bond donors (Lipinski definition) is 5. The average Bonchev–Trinajstić information content (AvgIpc) is 3.61. The van der Waals surface area contributed by atoms with Gasteiger partial charge in [0.2, 0.25) is 23.7 Å².